The quantitative estimate of drug-likeness (QED) is 0.687. The first-order valence-corrected chi connectivity index (χ1v) is 11.5. The number of aromatic nitrogens is 1. The van der Waals surface area contributed by atoms with E-state index in [0.29, 0.717) is 0 Å². The Kier molecular flexibility index (Phi) is 6.70. The Balaban J connectivity index is 1.26. The fraction of sp³-hybridized carbons (Fsp3) is 0.591. The highest BCUT2D eigenvalue weighted by atomic mass is 79.9. The van der Waals surface area contributed by atoms with Crippen LogP contribution in [0.3, 0.4) is 0 Å². The number of hydrogen-bond donors (Lipinski definition) is 1. The van der Waals surface area contributed by atoms with E-state index < -0.39 is 0 Å². The predicted octanol–water partition coefficient (Wildman–Crippen LogP) is 3.68. The maximum Gasteiger partial charge on any atom is 0.257 e. The third-order valence-electron chi connectivity index (χ3n) is 6.18. The number of rotatable bonds is 6. The highest BCUT2D eigenvalue weighted by molar-refractivity contribution is 9.10. The van der Waals surface area contributed by atoms with Crippen molar-refractivity contribution in [2.75, 3.05) is 57.3 Å². The zero-order valence-corrected chi connectivity index (χ0v) is 18.2. The minimum atomic E-state index is -0.00561. The highest BCUT2D eigenvalue weighted by Gasteiger charge is 2.18. The van der Waals surface area contributed by atoms with E-state index in [4.69, 9.17) is 0 Å². The first kappa shape index (κ1) is 19.9. The summed E-state index contributed by atoms with van der Waals surface area (Å²) >= 11 is 3.58. The molecule has 28 heavy (non-hydrogen) atoms. The van der Waals surface area contributed by atoms with E-state index in [1.807, 2.05) is 18.2 Å². The first-order chi connectivity index (χ1) is 13.7. The predicted molar refractivity (Wildman–Crippen MR) is 120 cm³/mol. The zero-order chi connectivity index (χ0) is 19.3. The lowest BCUT2D eigenvalue weighted by molar-refractivity contribution is 0.211. The van der Waals surface area contributed by atoms with Crippen molar-refractivity contribution in [2.45, 2.75) is 32.1 Å². The Hall–Kier alpha value is -1.37. The number of pyridine rings is 1. The lowest BCUT2D eigenvalue weighted by atomic mass is 10.1. The van der Waals surface area contributed by atoms with E-state index in [2.05, 4.69) is 41.7 Å². The minimum Gasteiger partial charge on any atom is -0.356 e. The van der Waals surface area contributed by atoms with Crippen LogP contribution in [-0.2, 0) is 0 Å². The number of piperidine rings is 1. The van der Waals surface area contributed by atoms with Crippen molar-refractivity contribution >= 4 is 32.5 Å². The van der Waals surface area contributed by atoms with Crippen LogP contribution in [0, 0.1) is 0 Å². The normalized spacial score (nSPS) is 19.4. The molecule has 5 nitrogen and oxygen atoms in total. The van der Waals surface area contributed by atoms with E-state index in [0.717, 1.165) is 47.2 Å². The molecule has 0 radical (unpaired) electrons. The lowest BCUT2D eigenvalue weighted by Gasteiger charge is -2.36. The number of piperazine rings is 1. The fourth-order valence-corrected chi connectivity index (χ4v) is 4.96. The second kappa shape index (κ2) is 9.42. The molecule has 3 heterocycles. The van der Waals surface area contributed by atoms with Crippen LogP contribution in [0.4, 0.5) is 5.82 Å². The smallest absolute Gasteiger partial charge is 0.257 e. The lowest BCUT2D eigenvalue weighted by Crippen LogP contribution is -2.47. The van der Waals surface area contributed by atoms with E-state index in [1.165, 1.54) is 58.3 Å². The van der Waals surface area contributed by atoms with Crippen LogP contribution < -0.4 is 10.5 Å². The first-order valence-electron chi connectivity index (χ1n) is 10.7. The molecule has 2 aromatic rings. The maximum absolute atomic E-state index is 12.4. The van der Waals surface area contributed by atoms with Gasteiger partial charge < -0.3 is 14.8 Å². The number of H-pyrrole nitrogens is 1. The van der Waals surface area contributed by atoms with Gasteiger partial charge in [0.2, 0.25) is 0 Å². The van der Waals surface area contributed by atoms with Crippen LogP contribution in [0.5, 0.6) is 0 Å². The summed E-state index contributed by atoms with van der Waals surface area (Å²) in [6.45, 7) is 9.15. The molecule has 0 bridgehead atoms. The van der Waals surface area contributed by atoms with Gasteiger partial charge in [-0.15, -0.1) is 0 Å². The van der Waals surface area contributed by atoms with Crippen LogP contribution in [0.2, 0.25) is 0 Å². The second-order valence-corrected chi connectivity index (χ2v) is 8.98. The Labute approximate surface area is 175 Å². The van der Waals surface area contributed by atoms with Gasteiger partial charge in [-0.1, -0.05) is 28.4 Å². The van der Waals surface area contributed by atoms with Crippen molar-refractivity contribution in [3.05, 3.63) is 39.1 Å². The summed E-state index contributed by atoms with van der Waals surface area (Å²) in [6.07, 6.45) is 6.79. The summed E-state index contributed by atoms with van der Waals surface area (Å²) in [4.78, 5) is 23.0. The molecule has 152 valence electrons. The van der Waals surface area contributed by atoms with Crippen LogP contribution in [0.15, 0.2) is 33.5 Å². The molecule has 0 aliphatic carbocycles. The number of nitrogens with one attached hydrogen (secondary N) is 1. The fourth-order valence-electron chi connectivity index (χ4n) is 4.47. The van der Waals surface area contributed by atoms with Crippen molar-refractivity contribution in [3.8, 4) is 0 Å². The van der Waals surface area contributed by atoms with E-state index in [-0.39, 0.29) is 5.56 Å². The van der Waals surface area contributed by atoms with Gasteiger partial charge in [0.1, 0.15) is 5.82 Å². The van der Waals surface area contributed by atoms with Crippen LogP contribution >= 0.6 is 15.9 Å². The molecule has 2 saturated heterocycles. The van der Waals surface area contributed by atoms with Crippen molar-refractivity contribution in [1.82, 2.24) is 14.8 Å². The summed E-state index contributed by atoms with van der Waals surface area (Å²) in [6, 6.07) is 7.89. The number of aromatic amines is 1. The van der Waals surface area contributed by atoms with Gasteiger partial charge in [0, 0.05) is 41.4 Å². The third-order valence-corrected chi connectivity index (χ3v) is 6.87. The standard InChI is InChI=1S/C22H31BrN4O/c23-20-8-6-7-18-19(20)17-21(24-22(18)28)27-15-13-26(14-16-27)12-5-4-11-25-9-2-1-3-10-25/h6-8,17H,1-5,9-16H2,(H,24,28). The molecule has 2 aliphatic heterocycles. The molecule has 1 aromatic heterocycles. The van der Waals surface area contributed by atoms with Crippen molar-refractivity contribution < 1.29 is 0 Å². The molecule has 1 N–H and O–H groups in total. The van der Waals surface area contributed by atoms with E-state index in [1.54, 1.807) is 0 Å². The summed E-state index contributed by atoms with van der Waals surface area (Å²) in [5.41, 5.74) is -0.00561. The molecule has 2 aliphatic rings. The molecule has 0 saturated carbocycles. The minimum absolute atomic E-state index is 0.00561. The van der Waals surface area contributed by atoms with Gasteiger partial charge in [-0.3, -0.25) is 9.69 Å². The summed E-state index contributed by atoms with van der Waals surface area (Å²) < 4.78 is 0.977. The summed E-state index contributed by atoms with van der Waals surface area (Å²) in [7, 11) is 0. The van der Waals surface area contributed by atoms with Crippen molar-refractivity contribution in [3.63, 3.8) is 0 Å². The van der Waals surface area contributed by atoms with Gasteiger partial charge in [-0.2, -0.15) is 0 Å². The number of unbranched alkanes of at least 4 members (excludes halogenated alkanes) is 1. The summed E-state index contributed by atoms with van der Waals surface area (Å²) in [5.74, 6) is 0.939. The van der Waals surface area contributed by atoms with E-state index in [9.17, 15) is 4.79 Å². The molecule has 0 amide bonds. The number of benzene rings is 1. The van der Waals surface area contributed by atoms with Crippen LogP contribution in [-0.4, -0.2) is 67.1 Å². The Morgan fingerprint density at radius 3 is 2.25 bits per heavy atom. The molecular formula is C22H31BrN4O. The SMILES string of the molecule is O=c1[nH]c(N2CCN(CCCCN3CCCCC3)CC2)cc2c(Br)cccc12. The Morgan fingerprint density at radius 2 is 1.54 bits per heavy atom. The molecule has 0 unspecified atom stereocenters. The monoisotopic (exact) mass is 446 g/mol. The van der Waals surface area contributed by atoms with Gasteiger partial charge >= 0.3 is 0 Å². The van der Waals surface area contributed by atoms with Crippen LogP contribution in [0.1, 0.15) is 32.1 Å². The molecule has 6 heteroatoms. The largest absolute Gasteiger partial charge is 0.356 e. The zero-order valence-electron chi connectivity index (χ0n) is 16.6. The van der Waals surface area contributed by atoms with Gasteiger partial charge in [-0.05, 0) is 70.1 Å². The number of fused-ring (bicyclic) bond motifs is 1. The molecular weight excluding hydrogens is 416 g/mol. The number of likely N-dealkylation sites (tertiary alicyclic amines) is 1. The van der Waals surface area contributed by atoms with Gasteiger partial charge in [-0.25, -0.2) is 0 Å². The van der Waals surface area contributed by atoms with Crippen molar-refractivity contribution in [1.29, 1.82) is 0 Å². The number of anilines is 1. The van der Waals surface area contributed by atoms with E-state index >= 15 is 0 Å². The van der Waals surface area contributed by atoms with Gasteiger partial charge in [0.05, 0.1) is 0 Å². The summed E-state index contributed by atoms with van der Waals surface area (Å²) in [5, 5.41) is 1.73. The van der Waals surface area contributed by atoms with Gasteiger partial charge in [0.25, 0.3) is 5.56 Å². The molecule has 0 atom stereocenters. The number of halogens is 1. The molecule has 0 spiro atoms. The average Bonchev–Trinajstić information content (AvgIpc) is 2.73. The number of nitrogens with zero attached hydrogens (tertiary/aromatic N) is 3. The Bertz CT molecular complexity index is 838. The Morgan fingerprint density at radius 1 is 0.857 bits per heavy atom. The highest BCUT2D eigenvalue weighted by Crippen LogP contribution is 2.25. The topological polar surface area (TPSA) is 42.6 Å². The van der Waals surface area contributed by atoms with Gasteiger partial charge in [0.15, 0.2) is 0 Å². The maximum atomic E-state index is 12.4. The number of hydrogen-bond acceptors (Lipinski definition) is 4. The van der Waals surface area contributed by atoms with Crippen molar-refractivity contribution in [2.24, 2.45) is 0 Å². The molecule has 1 aromatic carbocycles. The molecule has 4 rings (SSSR count). The third kappa shape index (κ3) is 4.78. The van der Waals surface area contributed by atoms with Crippen LogP contribution in [0.25, 0.3) is 10.8 Å². The molecule has 2 fully saturated rings. The second-order valence-electron chi connectivity index (χ2n) is 8.12. The average molecular weight is 447 g/mol.